The van der Waals surface area contributed by atoms with E-state index in [0.29, 0.717) is 11.8 Å². The highest BCUT2D eigenvalue weighted by molar-refractivity contribution is 6.03. The topological polar surface area (TPSA) is 58.7 Å². The number of amides is 2. The van der Waals surface area contributed by atoms with Gasteiger partial charge in [-0.2, -0.15) is 4.99 Å². The Morgan fingerprint density at radius 3 is 2.50 bits per heavy atom. The van der Waals surface area contributed by atoms with Crippen LogP contribution < -0.4 is 5.73 Å². The van der Waals surface area contributed by atoms with Crippen LogP contribution in [-0.4, -0.2) is 28.9 Å². The number of nitrogens with zero attached hydrogens (tertiary/aromatic N) is 2. The van der Waals surface area contributed by atoms with Crippen molar-refractivity contribution in [2.45, 2.75) is 46.2 Å². The van der Waals surface area contributed by atoms with E-state index in [0.717, 1.165) is 6.42 Å². The Bertz CT molecular complexity index is 260. The molecule has 4 nitrogen and oxygen atoms in total. The van der Waals surface area contributed by atoms with E-state index >= 15 is 0 Å². The fraction of sp³-hybridized carbons (Fsp3) is 0.800. The van der Waals surface area contributed by atoms with Crippen LogP contribution in [0.5, 0.6) is 0 Å². The maximum atomic E-state index is 11.5. The van der Waals surface area contributed by atoms with Gasteiger partial charge >= 0.3 is 6.03 Å². The van der Waals surface area contributed by atoms with Crippen LogP contribution in [-0.2, 0) is 0 Å². The molecular formula is C10H19N3O. The number of amidine groups is 1. The SMILES string of the molecule is CCC(C)C1C(N)=NC(=O)N1C(C)C. The van der Waals surface area contributed by atoms with Gasteiger partial charge in [-0.25, -0.2) is 4.79 Å². The molecule has 0 aromatic carbocycles. The van der Waals surface area contributed by atoms with Crippen molar-refractivity contribution < 1.29 is 4.79 Å². The first-order valence-corrected chi connectivity index (χ1v) is 5.15. The maximum Gasteiger partial charge on any atom is 0.346 e. The van der Waals surface area contributed by atoms with E-state index in [-0.39, 0.29) is 18.1 Å². The molecule has 0 aromatic rings. The molecule has 14 heavy (non-hydrogen) atoms. The van der Waals surface area contributed by atoms with Crippen molar-refractivity contribution in [1.82, 2.24) is 4.90 Å². The number of rotatable bonds is 3. The smallest absolute Gasteiger partial charge is 0.346 e. The summed E-state index contributed by atoms with van der Waals surface area (Å²) in [6, 6.07) is -0.0402. The summed E-state index contributed by atoms with van der Waals surface area (Å²) in [5.41, 5.74) is 5.76. The van der Waals surface area contributed by atoms with Gasteiger partial charge in [-0.1, -0.05) is 20.3 Å². The Morgan fingerprint density at radius 1 is 1.50 bits per heavy atom. The van der Waals surface area contributed by atoms with Gasteiger partial charge in [0.1, 0.15) is 5.84 Å². The third-order valence-electron chi connectivity index (χ3n) is 2.79. The molecule has 0 aliphatic carbocycles. The Kier molecular flexibility index (Phi) is 3.13. The normalized spacial score (nSPS) is 24.4. The number of aliphatic imine (C=N–C) groups is 1. The maximum absolute atomic E-state index is 11.5. The molecule has 0 aromatic heterocycles. The Morgan fingerprint density at radius 2 is 2.07 bits per heavy atom. The third kappa shape index (κ3) is 1.74. The highest BCUT2D eigenvalue weighted by Gasteiger charge is 2.37. The number of nitrogens with two attached hydrogens (primary N) is 1. The number of urea groups is 1. The average molecular weight is 197 g/mol. The quantitative estimate of drug-likeness (QED) is 0.747. The van der Waals surface area contributed by atoms with Gasteiger partial charge in [-0.3, -0.25) is 0 Å². The number of hydrogen-bond donors (Lipinski definition) is 1. The minimum Gasteiger partial charge on any atom is -0.385 e. The molecule has 2 atom stereocenters. The second-order valence-electron chi connectivity index (χ2n) is 4.15. The first kappa shape index (κ1) is 11.0. The summed E-state index contributed by atoms with van der Waals surface area (Å²) >= 11 is 0. The van der Waals surface area contributed by atoms with Crippen molar-refractivity contribution in [2.75, 3.05) is 0 Å². The summed E-state index contributed by atoms with van der Waals surface area (Å²) in [5, 5.41) is 0. The summed E-state index contributed by atoms with van der Waals surface area (Å²) in [7, 11) is 0. The van der Waals surface area contributed by atoms with E-state index in [9.17, 15) is 4.79 Å². The lowest BCUT2D eigenvalue weighted by Crippen LogP contribution is -2.47. The first-order valence-electron chi connectivity index (χ1n) is 5.15. The summed E-state index contributed by atoms with van der Waals surface area (Å²) in [6.45, 7) is 8.17. The predicted octanol–water partition coefficient (Wildman–Crippen LogP) is 1.60. The van der Waals surface area contributed by atoms with E-state index in [2.05, 4.69) is 18.8 Å². The molecule has 1 aliphatic rings. The molecule has 0 fully saturated rings. The Hall–Kier alpha value is -1.06. The van der Waals surface area contributed by atoms with Crippen LogP contribution >= 0.6 is 0 Å². The minimum atomic E-state index is -0.192. The molecule has 1 rings (SSSR count). The molecule has 0 saturated heterocycles. The lowest BCUT2D eigenvalue weighted by atomic mass is 9.97. The van der Waals surface area contributed by atoms with Crippen molar-refractivity contribution in [3.8, 4) is 0 Å². The van der Waals surface area contributed by atoms with Crippen LogP contribution in [0.2, 0.25) is 0 Å². The zero-order valence-electron chi connectivity index (χ0n) is 9.32. The predicted molar refractivity (Wildman–Crippen MR) is 57.2 cm³/mol. The summed E-state index contributed by atoms with van der Waals surface area (Å²) in [6.07, 6.45) is 0.997. The molecule has 0 bridgehead atoms. The Balaban J connectivity index is 2.90. The van der Waals surface area contributed by atoms with Crippen LogP contribution in [0.25, 0.3) is 0 Å². The van der Waals surface area contributed by atoms with Crippen molar-refractivity contribution in [1.29, 1.82) is 0 Å². The molecular weight excluding hydrogens is 178 g/mol. The van der Waals surface area contributed by atoms with E-state index < -0.39 is 0 Å². The van der Waals surface area contributed by atoms with Gasteiger partial charge in [0, 0.05) is 6.04 Å². The highest BCUT2D eigenvalue weighted by Crippen LogP contribution is 2.23. The van der Waals surface area contributed by atoms with E-state index in [1.165, 1.54) is 0 Å². The molecule has 2 unspecified atom stereocenters. The van der Waals surface area contributed by atoms with E-state index in [1.807, 2.05) is 13.8 Å². The van der Waals surface area contributed by atoms with Crippen LogP contribution in [0, 0.1) is 5.92 Å². The molecule has 0 radical (unpaired) electrons. The minimum absolute atomic E-state index is 0.00694. The summed E-state index contributed by atoms with van der Waals surface area (Å²) < 4.78 is 0. The first-order chi connectivity index (χ1) is 6.49. The van der Waals surface area contributed by atoms with Gasteiger partial charge in [0.15, 0.2) is 0 Å². The van der Waals surface area contributed by atoms with Crippen LogP contribution in [0.3, 0.4) is 0 Å². The van der Waals surface area contributed by atoms with Crippen LogP contribution in [0.4, 0.5) is 4.79 Å². The van der Waals surface area contributed by atoms with E-state index in [1.54, 1.807) is 4.90 Å². The van der Waals surface area contributed by atoms with Crippen LogP contribution in [0.15, 0.2) is 4.99 Å². The molecule has 80 valence electrons. The second kappa shape index (κ2) is 3.98. The number of carbonyl (C=O) groups is 1. The van der Waals surface area contributed by atoms with Crippen molar-refractivity contribution >= 4 is 11.9 Å². The van der Waals surface area contributed by atoms with Gasteiger partial charge < -0.3 is 10.6 Å². The zero-order valence-corrected chi connectivity index (χ0v) is 9.32. The summed E-state index contributed by atoms with van der Waals surface area (Å²) in [5.74, 6) is 0.839. The van der Waals surface area contributed by atoms with Crippen molar-refractivity contribution in [3.05, 3.63) is 0 Å². The molecule has 2 amide bonds. The van der Waals surface area contributed by atoms with Gasteiger partial charge in [-0.05, 0) is 19.8 Å². The average Bonchev–Trinajstić information content (AvgIpc) is 2.39. The van der Waals surface area contributed by atoms with Crippen molar-refractivity contribution in [3.63, 3.8) is 0 Å². The largest absolute Gasteiger partial charge is 0.385 e. The lowest BCUT2D eigenvalue weighted by molar-refractivity contribution is 0.172. The lowest BCUT2D eigenvalue weighted by Gasteiger charge is -2.31. The molecule has 1 aliphatic heterocycles. The van der Waals surface area contributed by atoms with Gasteiger partial charge in [-0.15, -0.1) is 0 Å². The summed E-state index contributed by atoms with van der Waals surface area (Å²) in [4.78, 5) is 17.1. The zero-order chi connectivity index (χ0) is 10.9. The van der Waals surface area contributed by atoms with Gasteiger partial charge in [0.25, 0.3) is 0 Å². The monoisotopic (exact) mass is 197 g/mol. The molecule has 2 N–H and O–H groups in total. The van der Waals surface area contributed by atoms with Crippen molar-refractivity contribution in [2.24, 2.45) is 16.6 Å². The fourth-order valence-corrected chi connectivity index (χ4v) is 1.83. The molecule has 0 saturated carbocycles. The highest BCUT2D eigenvalue weighted by atomic mass is 16.2. The molecule has 1 heterocycles. The number of carbonyl (C=O) groups excluding carboxylic acids is 1. The Labute approximate surface area is 85.2 Å². The molecule has 4 heteroatoms. The van der Waals surface area contributed by atoms with E-state index in [4.69, 9.17) is 5.73 Å². The third-order valence-corrected chi connectivity index (χ3v) is 2.79. The fourth-order valence-electron chi connectivity index (χ4n) is 1.83. The number of hydrogen-bond acceptors (Lipinski definition) is 2. The van der Waals surface area contributed by atoms with Gasteiger partial charge in [0.05, 0.1) is 6.04 Å². The van der Waals surface area contributed by atoms with Crippen LogP contribution in [0.1, 0.15) is 34.1 Å². The van der Waals surface area contributed by atoms with Gasteiger partial charge in [0.2, 0.25) is 0 Å². The molecule has 0 spiro atoms. The second-order valence-corrected chi connectivity index (χ2v) is 4.15. The standard InChI is InChI=1S/C10H19N3O/c1-5-7(4)8-9(11)12-10(14)13(8)6(2)3/h6-8H,5H2,1-4H3,(H2,11,12,14).